The van der Waals surface area contributed by atoms with Crippen LogP contribution < -0.4 is 4.74 Å². The first-order chi connectivity index (χ1) is 12.0. The van der Waals surface area contributed by atoms with E-state index in [9.17, 15) is 8.42 Å². The zero-order valence-electron chi connectivity index (χ0n) is 14.7. The van der Waals surface area contributed by atoms with Crippen LogP contribution in [0.3, 0.4) is 0 Å². The van der Waals surface area contributed by atoms with Gasteiger partial charge in [0.2, 0.25) is 0 Å². The van der Waals surface area contributed by atoms with E-state index in [-0.39, 0.29) is 16.9 Å². The van der Waals surface area contributed by atoms with Crippen LogP contribution in [0.2, 0.25) is 0 Å². The van der Waals surface area contributed by atoms with Crippen LogP contribution in [0.4, 0.5) is 0 Å². The molecule has 0 saturated heterocycles. The second-order valence-corrected chi connectivity index (χ2v) is 8.36. The van der Waals surface area contributed by atoms with E-state index in [1.165, 1.54) is 0 Å². The zero-order chi connectivity index (χ0) is 17.9. The molecule has 5 heteroatoms. The van der Waals surface area contributed by atoms with Crippen molar-refractivity contribution in [3.05, 3.63) is 59.7 Å². The third-order valence-electron chi connectivity index (χ3n) is 5.06. The molecule has 0 atom stereocenters. The Bertz CT molecular complexity index is 802. The summed E-state index contributed by atoms with van der Waals surface area (Å²) in [7, 11) is -2.11. The molecule has 0 amide bonds. The molecule has 1 aliphatic carbocycles. The second-order valence-electron chi connectivity index (χ2n) is 6.75. The van der Waals surface area contributed by atoms with Crippen molar-refractivity contribution in [3.8, 4) is 5.75 Å². The molecule has 0 radical (unpaired) electrons. The third kappa shape index (κ3) is 3.88. The lowest BCUT2D eigenvalue weighted by Crippen LogP contribution is -2.30. The van der Waals surface area contributed by atoms with Crippen molar-refractivity contribution < 1.29 is 17.3 Å². The Morgan fingerprint density at radius 2 is 1.56 bits per heavy atom. The molecule has 0 aliphatic heterocycles. The average molecular weight is 360 g/mol. The van der Waals surface area contributed by atoms with Crippen LogP contribution in [-0.2, 0) is 19.7 Å². The van der Waals surface area contributed by atoms with Crippen LogP contribution in [0, 0.1) is 6.92 Å². The molecule has 0 bridgehead atoms. The molecule has 0 aromatic heterocycles. The summed E-state index contributed by atoms with van der Waals surface area (Å²) in [4.78, 5) is 0.209. The quantitative estimate of drug-likeness (QED) is 0.724. The van der Waals surface area contributed by atoms with Gasteiger partial charge in [0.25, 0.3) is 10.1 Å². The summed E-state index contributed by atoms with van der Waals surface area (Å²) >= 11 is 0. The first kappa shape index (κ1) is 18.0. The Labute approximate surface area is 149 Å². The molecular weight excluding hydrogens is 336 g/mol. The van der Waals surface area contributed by atoms with Gasteiger partial charge >= 0.3 is 0 Å². The van der Waals surface area contributed by atoms with Crippen molar-refractivity contribution in [2.75, 3.05) is 13.7 Å². The van der Waals surface area contributed by atoms with Gasteiger partial charge in [-0.1, -0.05) is 42.7 Å². The van der Waals surface area contributed by atoms with Crippen molar-refractivity contribution in [2.24, 2.45) is 0 Å². The average Bonchev–Trinajstić information content (AvgIpc) is 3.11. The van der Waals surface area contributed by atoms with Crippen LogP contribution >= 0.6 is 0 Å². The Morgan fingerprint density at radius 1 is 0.960 bits per heavy atom. The van der Waals surface area contributed by atoms with E-state index in [4.69, 9.17) is 8.92 Å². The van der Waals surface area contributed by atoms with Gasteiger partial charge in [-0.2, -0.15) is 8.42 Å². The molecule has 4 nitrogen and oxygen atoms in total. The monoisotopic (exact) mass is 360 g/mol. The minimum absolute atomic E-state index is 0.176. The molecule has 2 aromatic rings. The van der Waals surface area contributed by atoms with Crippen LogP contribution in [0.5, 0.6) is 5.75 Å². The normalized spacial score (nSPS) is 16.7. The summed E-state index contributed by atoms with van der Waals surface area (Å²) in [5, 5.41) is 0. The molecule has 25 heavy (non-hydrogen) atoms. The van der Waals surface area contributed by atoms with Gasteiger partial charge in [0.05, 0.1) is 18.6 Å². The molecule has 1 aliphatic rings. The van der Waals surface area contributed by atoms with Crippen molar-refractivity contribution >= 4 is 10.1 Å². The van der Waals surface area contributed by atoms with Crippen molar-refractivity contribution in [2.45, 2.75) is 42.9 Å². The maximum atomic E-state index is 12.5. The Kier molecular flexibility index (Phi) is 5.16. The molecule has 134 valence electrons. The number of ether oxygens (including phenoxy) is 1. The second kappa shape index (κ2) is 7.18. The molecule has 0 N–H and O–H groups in total. The lowest BCUT2D eigenvalue weighted by molar-refractivity contribution is 0.222. The summed E-state index contributed by atoms with van der Waals surface area (Å²) in [6, 6.07) is 14.6. The smallest absolute Gasteiger partial charge is 0.297 e. The fraction of sp³-hybridized carbons (Fsp3) is 0.400. The lowest BCUT2D eigenvalue weighted by atomic mass is 9.80. The van der Waals surface area contributed by atoms with Gasteiger partial charge in [0, 0.05) is 5.41 Å². The van der Waals surface area contributed by atoms with E-state index >= 15 is 0 Å². The number of aryl methyl sites for hydroxylation is 1. The van der Waals surface area contributed by atoms with Gasteiger partial charge < -0.3 is 4.74 Å². The molecule has 3 rings (SSSR count). The van der Waals surface area contributed by atoms with E-state index in [1.807, 2.05) is 31.2 Å². The van der Waals surface area contributed by atoms with Crippen LogP contribution in [-0.4, -0.2) is 22.1 Å². The van der Waals surface area contributed by atoms with E-state index < -0.39 is 10.1 Å². The number of hydrogen-bond acceptors (Lipinski definition) is 4. The van der Waals surface area contributed by atoms with E-state index in [2.05, 4.69) is 0 Å². The summed E-state index contributed by atoms with van der Waals surface area (Å²) in [6.45, 7) is 2.10. The number of rotatable bonds is 6. The van der Waals surface area contributed by atoms with Gasteiger partial charge in [0.15, 0.2) is 0 Å². The largest absolute Gasteiger partial charge is 0.497 e. The predicted molar refractivity (Wildman–Crippen MR) is 97.5 cm³/mol. The molecule has 0 unspecified atom stereocenters. The summed E-state index contributed by atoms with van der Waals surface area (Å²) in [5.74, 6) is 0.796. The lowest BCUT2D eigenvalue weighted by Gasteiger charge is -2.29. The molecule has 1 fully saturated rings. The van der Waals surface area contributed by atoms with Crippen molar-refractivity contribution in [1.82, 2.24) is 0 Å². The van der Waals surface area contributed by atoms with E-state index in [1.54, 1.807) is 31.4 Å². The Hall–Kier alpha value is -1.85. The maximum absolute atomic E-state index is 12.5. The fourth-order valence-electron chi connectivity index (χ4n) is 3.48. The molecule has 1 saturated carbocycles. The number of hydrogen-bond donors (Lipinski definition) is 0. The first-order valence-electron chi connectivity index (χ1n) is 8.56. The summed E-state index contributed by atoms with van der Waals surface area (Å²) in [6.07, 6.45) is 4.03. The molecule has 0 spiro atoms. The van der Waals surface area contributed by atoms with Crippen LogP contribution in [0.15, 0.2) is 53.4 Å². The topological polar surface area (TPSA) is 52.6 Å². The zero-order valence-corrected chi connectivity index (χ0v) is 15.5. The van der Waals surface area contributed by atoms with E-state index in [0.717, 1.165) is 42.6 Å². The highest BCUT2D eigenvalue weighted by Gasteiger charge is 2.37. The number of methoxy groups -OCH3 is 1. The predicted octanol–water partition coefficient (Wildman–Crippen LogP) is 4.22. The van der Waals surface area contributed by atoms with Gasteiger partial charge in [-0.15, -0.1) is 0 Å². The minimum atomic E-state index is -3.75. The standard InChI is InChI=1S/C20H24O4S/c1-16-5-11-19(12-6-16)25(21,22)24-15-20(13-3-4-14-20)17-7-9-18(23-2)10-8-17/h5-12H,3-4,13-15H2,1-2H3. The third-order valence-corrected chi connectivity index (χ3v) is 6.34. The van der Waals surface area contributed by atoms with Gasteiger partial charge in [-0.25, -0.2) is 0 Å². The molecule has 2 aromatic carbocycles. The van der Waals surface area contributed by atoms with Gasteiger partial charge in [0.1, 0.15) is 5.75 Å². The summed E-state index contributed by atoms with van der Waals surface area (Å²) in [5.41, 5.74) is 1.89. The van der Waals surface area contributed by atoms with Gasteiger partial charge in [-0.05, 0) is 49.6 Å². The minimum Gasteiger partial charge on any atom is -0.497 e. The highest BCUT2D eigenvalue weighted by molar-refractivity contribution is 7.86. The molecular formula is C20H24O4S. The molecule has 0 heterocycles. The highest BCUT2D eigenvalue weighted by Crippen LogP contribution is 2.42. The number of benzene rings is 2. The SMILES string of the molecule is COc1ccc(C2(COS(=O)(=O)c3ccc(C)cc3)CCCC2)cc1. The summed E-state index contributed by atoms with van der Waals surface area (Å²) < 4.78 is 35.8. The van der Waals surface area contributed by atoms with Crippen molar-refractivity contribution in [1.29, 1.82) is 0 Å². The maximum Gasteiger partial charge on any atom is 0.297 e. The Morgan fingerprint density at radius 3 is 2.12 bits per heavy atom. The Balaban J connectivity index is 1.81. The fourth-order valence-corrected chi connectivity index (χ4v) is 4.46. The van der Waals surface area contributed by atoms with Crippen LogP contribution in [0.1, 0.15) is 36.8 Å². The van der Waals surface area contributed by atoms with Crippen LogP contribution in [0.25, 0.3) is 0 Å². The highest BCUT2D eigenvalue weighted by atomic mass is 32.2. The first-order valence-corrected chi connectivity index (χ1v) is 9.97. The van der Waals surface area contributed by atoms with Gasteiger partial charge in [-0.3, -0.25) is 4.18 Å². The van der Waals surface area contributed by atoms with E-state index in [0.29, 0.717) is 0 Å². The van der Waals surface area contributed by atoms with Crippen molar-refractivity contribution in [3.63, 3.8) is 0 Å².